The molecule has 4 rings (SSSR count). The van der Waals surface area contributed by atoms with Crippen LogP contribution < -0.4 is 0 Å². The maximum absolute atomic E-state index is 10.4. The van der Waals surface area contributed by atoms with Crippen LogP contribution in [0.25, 0.3) is 0 Å². The van der Waals surface area contributed by atoms with Crippen molar-refractivity contribution in [1.82, 2.24) is 0 Å². The molecule has 0 radical (unpaired) electrons. The smallest absolute Gasteiger partial charge is 0.0622 e. The van der Waals surface area contributed by atoms with E-state index in [9.17, 15) is 5.11 Å². The third kappa shape index (κ3) is 2.90. The number of aliphatic hydroxyl groups is 1. The van der Waals surface area contributed by atoms with E-state index in [1.807, 2.05) is 13.8 Å². The highest BCUT2D eigenvalue weighted by atomic mass is 16.3. The van der Waals surface area contributed by atoms with Gasteiger partial charge < -0.3 is 5.11 Å². The van der Waals surface area contributed by atoms with Crippen molar-refractivity contribution in [1.29, 1.82) is 0 Å². The van der Waals surface area contributed by atoms with Gasteiger partial charge in [0, 0.05) is 0 Å². The van der Waals surface area contributed by atoms with Gasteiger partial charge in [0.25, 0.3) is 0 Å². The first-order valence-electron chi connectivity index (χ1n) is 10.6. The van der Waals surface area contributed by atoms with Gasteiger partial charge in [-0.2, -0.15) is 0 Å². The molecule has 1 nitrogen and oxygen atoms in total. The summed E-state index contributed by atoms with van der Waals surface area (Å²) in [6.45, 7) is 11.2. The van der Waals surface area contributed by atoms with Gasteiger partial charge in [0.1, 0.15) is 0 Å². The van der Waals surface area contributed by atoms with Crippen molar-refractivity contribution in [3.8, 4) is 0 Å². The average Bonchev–Trinajstić information content (AvgIpc) is 2.83. The summed E-state index contributed by atoms with van der Waals surface area (Å²) in [7, 11) is 0. The Morgan fingerprint density at radius 1 is 0.783 bits per heavy atom. The van der Waals surface area contributed by atoms with Crippen molar-refractivity contribution in [3.63, 3.8) is 0 Å². The Morgan fingerprint density at radius 3 is 2.22 bits per heavy atom. The van der Waals surface area contributed by atoms with Gasteiger partial charge in [-0.1, -0.05) is 27.7 Å². The van der Waals surface area contributed by atoms with Gasteiger partial charge in [0.2, 0.25) is 0 Å². The van der Waals surface area contributed by atoms with Crippen LogP contribution in [0.3, 0.4) is 0 Å². The molecule has 134 valence electrons. The van der Waals surface area contributed by atoms with Gasteiger partial charge in [-0.25, -0.2) is 0 Å². The minimum atomic E-state index is -0.362. The van der Waals surface area contributed by atoms with Crippen LogP contribution >= 0.6 is 0 Å². The van der Waals surface area contributed by atoms with Crippen molar-refractivity contribution in [2.24, 2.45) is 40.9 Å². The molecular weight excluding hydrogens is 280 g/mol. The lowest BCUT2D eigenvalue weighted by molar-refractivity contribution is -0.0986. The van der Waals surface area contributed by atoms with Crippen molar-refractivity contribution >= 4 is 0 Å². The largest absolute Gasteiger partial charge is 0.390 e. The number of fused-ring (bicyclic) bond motifs is 5. The van der Waals surface area contributed by atoms with Crippen molar-refractivity contribution in [2.45, 2.75) is 98.0 Å². The summed E-state index contributed by atoms with van der Waals surface area (Å²) >= 11 is 0. The summed E-state index contributed by atoms with van der Waals surface area (Å²) in [5.41, 5.74) is 0.299. The van der Waals surface area contributed by atoms with Gasteiger partial charge in [0.15, 0.2) is 0 Å². The Kier molecular flexibility index (Phi) is 4.91. The van der Waals surface area contributed by atoms with E-state index >= 15 is 0 Å². The highest BCUT2D eigenvalue weighted by molar-refractivity contribution is 5.05. The molecule has 4 fully saturated rings. The zero-order chi connectivity index (χ0) is 16.8. The molecule has 0 aromatic heterocycles. The Balaban J connectivity index is 0.000000753. The van der Waals surface area contributed by atoms with Crippen molar-refractivity contribution in [2.75, 3.05) is 0 Å². The standard InChI is InChI=1S/C20H34O.C2H6/c1-13-4-7-18-17-6-5-14-12-19(2,21)10-8-15(14)16(17)9-11-20(13,18)3;1-2/h13-18,21H,4-12H2,1-3H3;1-2H3. The highest BCUT2D eigenvalue weighted by Gasteiger charge is 2.56. The van der Waals surface area contributed by atoms with E-state index in [4.69, 9.17) is 0 Å². The third-order valence-electron chi connectivity index (χ3n) is 8.71. The van der Waals surface area contributed by atoms with Crippen molar-refractivity contribution < 1.29 is 5.11 Å². The summed E-state index contributed by atoms with van der Waals surface area (Å²) in [5, 5.41) is 10.4. The first-order valence-corrected chi connectivity index (χ1v) is 10.6. The van der Waals surface area contributed by atoms with Crippen LogP contribution in [0, 0.1) is 40.9 Å². The van der Waals surface area contributed by atoms with Gasteiger partial charge in [0.05, 0.1) is 5.60 Å². The normalized spacial score (nSPS) is 55.0. The maximum Gasteiger partial charge on any atom is 0.0622 e. The quantitative estimate of drug-likeness (QED) is 0.576. The highest BCUT2D eigenvalue weighted by Crippen LogP contribution is 2.64. The summed E-state index contributed by atoms with van der Waals surface area (Å²) < 4.78 is 0. The van der Waals surface area contributed by atoms with E-state index < -0.39 is 0 Å². The lowest BCUT2D eigenvalue weighted by atomic mass is 9.49. The van der Waals surface area contributed by atoms with Crippen molar-refractivity contribution in [3.05, 3.63) is 0 Å². The van der Waals surface area contributed by atoms with E-state index in [2.05, 4.69) is 20.8 Å². The fourth-order valence-corrected chi connectivity index (χ4v) is 7.34. The molecule has 1 heteroatoms. The summed E-state index contributed by atoms with van der Waals surface area (Å²) in [6, 6.07) is 0. The van der Waals surface area contributed by atoms with E-state index in [0.717, 1.165) is 48.3 Å². The summed E-state index contributed by atoms with van der Waals surface area (Å²) in [6.07, 6.45) is 12.3. The molecular formula is C22H40O. The monoisotopic (exact) mass is 320 g/mol. The van der Waals surface area contributed by atoms with Crippen LogP contribution in [0.5, 0.6) is 0 Å². The average molecular weight is 321 g/mol. The SMILES string of the molecule is CC.CC1CCC2C3CCC4CC(C)(O)CCC4C3CCC12C. The molecule has 0 amide bonds. The molecule has 8 unspecified atom stereocenters. The molecule has 4 saturated carbocycles. The van der Waals surface area contributed by atoms with Gasteiger partial charge in [-0.3, -0.25) is 0 Å². The molecule has 8 atom stereocenters. The second-order valence-corrected chi connectivity index (χ2v) is 9.70. The topological polar surface area (TPSA) is 20.2 Å². The lowest BCUT2D eigenvalue weighted by Crippen LogP contribution is -2.50. The van der Waals surface area contributed by atoms with E-state index in [1.165, 1.54) is 44.9 Å². The van der Waals surface area contributed by atoms with Crippen LogP contribution in [-0.4, -0.2) is 10.7 Å². The molecule has 0 saturated heterocycles. The third-order valence-corrected chi connectivity index (χ3v) is 8.71. The first-order chi connectivity index (χ1) is 10.9. The molecule has 1 N–H and O–H groups in total. The maximum atomic E-state index is 10.4. The molecule has 0 aromatic carbocycles. The van der Waals surface area contributed by atoms with Gasteiger partial charge >= 0.3 is 0 Å². The first kappa shape index (κ1) is 17.8. The Labute approximate surface area is 144 Å². The van der Waals surface area contributed by atoms with Crippen LogP contribution in [0.1, 0.15) is 92.4 Å². The molecule has 4 aliphatic carbocycles. The van der Waals surface area contributed by atoms with Crippen LogP contribution in [0.2, 0.25) is 0 Å². The minimum Gasteiger partial charge on any atom is -0.390 e. The number of hydrogen-bond donors (Lipinski definition) is 1. The van der Waals surface area contributed by atoms with Gasteiger partial charge in [-0.05, 0) is 106 Å². The second kappa shape index (κ2) is 6.36. The van der Waals surface area contributed by atoms with Gasteiger partial charge in [-0.15, -0.1) is 0 Å². The lowest BCUT2D eigenvalue weighted by Gasteiger charge is -2.56. The zero-order valence-electron chi connectivity index (χ0n) is 16.3. The molecule has 0 spiro atoms. The Bertz CT molecular complexity index is 414. The Morgan fingerprint density at radius 2 is 1.48 bits per heavy atom. The zero-order valence-corrected chi connectivity index (χ0v) is 16.3. The predicted molar refractivity (Wildman–Crippen MR) is 98.2 cm³/mol. The molecule has 0 aromatic rings. The van der Waals surface area contributed by atoms with E-state index in [1.54, 1.807) is 0 Å². The molecule has 23 heavy (non-hydrogen) atoms. The Hall–Kier alpha value is -0.0400. The van der Waals surface area contributed by atoms with E-state index in [0.29, 0.717) is 5.41 Å². The number of rotatable bonds is 0. The molecule has 0 heterocycles. The predicted octanol–water partition coefficient (Wildman–Crippen LogP) is 6.05. The molecule has 0 bridgehead atoms. The minimum absolute atomic E-state index is 0.362. The summed E-state index contributed by atoms with van der Waals surface area (Å²) in [4.78, 5) is 0. The molecule has 4 aliphatic rings. The number of hydrogen-bond acceptors (Lipinski definition) is 1. The fourth-order valence-electron chi connectivity index (χ4n) is 7.34. The second-order valence-electron chi connectivity index (χ2n) is 9.70. The van der Waals surface area contributed by atoms with E-state index in [-0.39, 0.29) is 5.60 Å². The molecule has 0 aliphatic heterocycles. The van der Waals surface area contributed by atoms with Crippen LogP contribution in [0.15, 0.2) is 0 Å². The fraction of sp³-hybridized carbons (Fsp3) is 1.00. The summed E-state index contributed by atoms with van der Waals surface area (Å²) in [5.74, 6) is 5.78. The van der Waals surface area contributed by atoms with Crippen LogP contribution in [0.4, 0.5) is 0 Å². The van der Waals surface area contributed by atoms with Crippen LogP contribution in [-0.2, 0) is 0 Å².